The van der Waals surface area contributed by atoms with Gasteiger partial charge in [-0.05, 0) is 0 Å². The van der Waals surface area contributed by atoms with E-state index in [4.69, 9.17) is 0 Å². The summed E-state index contributed by atoms with van der Waals surface area (Å²) in [6.07, 6.45) is 0. The Morgan fingerprint density at radius 3 is 1.07 bits per heavy atom. The second kappa shape index (κ2) is 12.6. The molecule has 6 nitrogen and oxygen atoms in total. The fourth-order valence-corrected chi connectivity index (χ4v) is 8.92. The molecule has 212 valence electrons. The van der Waals surface area contributed by atoms with Gasteiger partial charge in [0.25, 0.3) is 0 Å². The normalized spacial score (nSPS) is 17.0. The van der Waals surface area contributed by atoms with Crippen LogP contribution in [0.25, 0.3) is 0 Å². The van der Waals surface area contributed by atoms with Crippen LogP contribution in [-0.2, 0) is 0 Å². The molecular weight excluding hydrogens is 654 g/mol. The minimum atomic E-state index is -0.725. The van der Waals surface area contributed by atoms with Gasteiger partial charge in [-0.25, -0.2) is 0 Å². The number of benzene rings is 4. The molecule has 6 rings (SSSR count). The Labute approximate surface area is 259 Å². The van der Waals surface area contributed by atoms with Gasteiger partial charge in [0.05, 0.1) is 0 Å². The third-order valence-corrected chi connectivity index (χ3v) is 11.0. The van der Waals surface area contributed by atoms with Crippen molar-refractivity contribution in [2.24, 2.45) is 9.98 Å². The van der Waals surface area contributed by atoms with Crippen molar-refractivity contribution in [3.05, 3.63) is 143 Å². The van der Waals surface area contributed by atoms with Gasteiger partial charge in [0, 0.05) is 0 Å². The fraction of sp³-hybridized carbons (Fsp3) is 0.176. The molecule has 8 heteroatoms. The number of hydrogen-bond acceptors (Lipinski definition) is 4. The predicted molar refractivity (Wildman–Crippen MR) is 175 cm³/mol. The van der Waals surface area contributed by atoms with Crippen LogP contribution in [0.15, 0.2) is 131 Å². The number of aliphatic imine (C=N–C) groups is 2. The topological polar surface area (TPSA) is 76.9 Å². The van der Waals surface area contributed by atoms with Crippen molar-refractivity contribution in [2.45, 2.75) is 39.0 Å². The molecule has 42 heavy (non-hydrogen) atoms. The van der Waals surface area contributed by atoms with E-state index in [-0.39, 0.29) is 29.9 Å². The maximum absolute atomic E-state index is 12.6. The first-order valence-electron chi connectivity index (χ1n) is 13.6. The summed E-state index contributed by atoms with van der Waals surface area (Å²) >= 11 is -0.100. The molecule has 4 aromatic rings. The van der Waals surface area contributed by atoms with Crippen molar-refractivity contribution in [1.82, 2.24) is 0 Å². The van der Waals surface area contributed by atoms with E-state index in [1.54, 1.807) is 0 Å². The van der Waals surface area contributed by atoms with Crippen molar-refractivity contribution in [2.75, 3.05) is 0 Å². The van der Waals surface area contributed by atoms with Crippen molar-refractivity contribution >= 4 is 59.5 Å². The zero-order chi connectivity index (χ0) is 29.7. The Balaban J connectivity index is 0.000000168. The first-order valence-corrected chi connectivity index (χ1v) is 17.0. The minimum absolute atomic E-state index is 0.0501. The molecule has 0 unspecified atom stereocenters. The van der Waals surface area contributed by atoms with Crippen LogP contribution < -0.4 is 8.92 Å². The molecule has 2 heterocycles. The number of hydrogen-bond donors (Lipinski definition) is 0. The van der Waals surface area contributed by atoms with E-state index in [1.807, 2.05) is 125 Å². The van der Waals surface area contributed by atoms with E-state index in [9.17, 15) is 10.4 Å². The molecule has 0 fully saturated rings. The van der Waals surface area contributed by atoms with Gasteiger partial charge in [-0.15, -0.1) is 0 Å². The SMILES string of the molecule is CC1(C)N=C(c2ccccc2)C([Se]c2ccccc2)=[N+]1[O-].CC1(C)N=C(c2ccccc2)C([Se]c2ccccc2)=[N+]1[O-]. The van der Waals surface area contributed by atoms with Gasteiger partial charge in [-0.3, -0.25) is 0 Å². The standard InChI is InChI=1S/2C17H16N2OSe/c2*1-17(2)18-15(13-9-5-3-6-10-13)16(19(17)20)21-14-11-7-4-8-12-14/h2*3-12H,1-2H3. The Kier molecular flexibility index (Phi) is 8.90. The van der Waals surface area contributed by atoms with Crippen LogP contribution in [0.3, 0.4) is 0 Å². The number of rotatable bonds is 6. The average molecular weight is 687 g/mol. The third kappa shape index (κ3) is 6.64. The molecule has 0 bridgehead atoms. The number of hydroxylamine groups is 2. The summed E-state index contributed by atoms with van der Waals surface area (Å²) in [6.45, 7) is 7.43. The molecule has 0 aliphatic carbocycles. The Morgan fingerprint density at radius 1 is 0.476 bits per heavy atom. The summed E-state index contributed by atoms with van der Waals surface area (Å²) in [6, 6.07) is 40.2. The van der Waals surface area contributed by atoms with Crippen molar-refractivity contribution in [1.29, 1.82) is 0 Å². The maximum atomic E-state index is 12.6. The summed E-state index contributed by atoms with van der Waals surface area (Å²) in [5.41, 5.74) is 2.24. The summed E-state index contributed by atoms with van der Waals surface area (Å²) in [5.74, 6) is 0. The quantitative estimate of drug-likeness (QED) is 0.172. The van der Waals surface area contributed by atoms with Gasteiger partial charge in [-0.1, -0.05) is 0 Å². The zero-order valence-corrected chi connectivity index (χ0v) is 27.4. The molecule has 0 saturated heterocycles. The van der Waals surface area contributed by atoms with Crippen LogP contribution in [0.2, 0.25) is 0 Å². The molecule has 0 aromatic heterocycles. The summed E-state index contributed by atoms with van der Waals surface area (Å²) in [4.78, 5) is 9.32. The van der Waals surface area contributed by atoms with Gasteiger partial charge in [0.1, 0.15) is 0 Å². The third-order valence-electron chi connectivity index (χ3n) is 6.55. The Hall–Kier alpha value is -3.80. The van der Waals surface area contributed by atoms with E-state index in [2.05, 4.69) is 34.3 Å². The first kappa shape index (κ1) is 29.7. The molecule has 0 radical (unpaired) electrons. The molecule has 0 atom stereocenters. The molecule has 2 aliphatic heterocycles. The van der Waals surface area contributed by atoms with Crippen LogP contribution in [0, 0.1) is 10.4 Å². The molecule has 2 aliphatic rings. The van der Waals surface area contributed by atoms with Gasteiger partial charge >= 0.3 is 261 Å². The monoisotopic (exact) mass is 688 g/mol. The molecule has 4 aromatic carbocycles. The van der Waals surface area contributed by atoms with Gasteiger partial charge in [-0.2, -0.15) is 0 Å². The fourth-order valence-electron chi connectivity index (χ4n) is 4.37. The van der Waals surface area contributed by atoms with Gasteiger partial charge in [0.15, 0.2) is 0 Å². The van der Waals surface area contributed by atoms with Crippen molar-refractivity contribution in [3.63, 3.8) is 0 Å². The number of nitrogens with zero attached hydrogens (tertiary/aromatic N) is 4. The first-order chi connectivity index (χ1) is 20.2. The van der Waals surface area contributed by atoms with E-state index >= 15 is 0 Å². The van der Waals surface area contributed by atoms with Crippen LogP contribution >= 0.6 is 0 Å². The van der Waals surface area contributed by atoms with Gasteiger partial charge < -0.3 is 0 Å². The molecular formula is C34H32N4O2Se2. The van der Waals surface area contributed by atoms with Crippen molar-refractivity contribution < 1.29 is 9.48 Å². The predicted octanol–water partition coefficient (Wildman–Crippen LogP) is 4.33. The van der Waals surface area contributed by atoms with E-state index in [1.165, 1.54) is 8.92 Å². The van der Waals surface area contributed by atoms with Crippen molar-refractivity contribution in [3.8, 4) is 0 Å². The van der Waals surface area contributed by atoms with Crippen LogP contribution in [0.5, 0.6) is 0 Å². The van der Waals surface area contributed by atoms with E-state index in [0.717, 1.165) is 41.2 Å². The second-order valence-corrected chi connectivity index (χ2v) is 15.1. The summed E-state index contributed by atoms with van der Waals surface area (Å²) < 4.78 is 6.10. The average Bonchev–Trinajstić information content (AvgIpc) is 3.38. The zero-order valence-electron chi connectivity index (χ0n) is 24.0. The molecule has 0 amide bonds. The molecule has 0 N–H and O–H groups in total. The molecule has 0 spiro atoms. The van der Waals surface area contributed by atoms with Crippen LogP contribution in [0.1, 0.15) is 38.8 Å². The van der Waals surface area contributed by atoms with Crippen LogP contribution in [-0.4, -0.2) is 71.4 Å². The Morgan fingerprint density at radius 2 is 0.762 bits per heavy atom. The van der Waals surface area contributed by atoms with Crippen LogP contribution in [0.4, 0.5) is 0 Å². The Bertz CT molecular complexity index is 1540. The van der Waals surface area contributed by atoms with Gasteiger partial charge in [0.2, 0.25) is 0 Å². The molecule has 0 saturated carbocycles. The second-order valence-electron chi connectivity index (χ2n) is 10.7. The summed E-state index contributed by atoms with van der Waals surface area (Å²) in [5, 5.41) is 25.2. The van der Waals surface area contributed by atoms with E-state index < -0.39 is 11.3 Å². The summed E-state index contributed by atoms with van der Waals surface area (Å²) in [7, 11) is 0. The van der Waals surface area contributed by atoms with E-state index in [0.29, 0.717) is 0 Å².